The van der Waals surface area contributed by atoms with E-state index >= 15 is 0 Å². The van der Waals surface area contributed by atoms with Gasteiger partial charge in [-0.2, -0.15) is 4.98 Å². The van der Waals surface area contributed by atoms with Gasteiger partial charge in [-0.1, -0.05) is 48.6 Å². The Kier molecular flexibility index (Phi) is 15.0. The Hall–Kier alpha value is -7.13. The molecular formula is C57H66FN9O9S. The van der Waals surface area contributed by atoms with Gasteiger partial charge in [0.15, 0.2) is 5.75 Å². The lowest BCUT2D eigenvalue weighted by Crippen LogP contribution is -2.59. The number of carbonyl (C=O) groups is 1. The molecule has 2 saturated heterocycles. The Morgan fingerprint density at radius 1 is 0.961 bits per heavy atom. The fourth-order valence-corrected chi connectivity index (χ4v) is 12.8. The highest BCUT2D eigenvalue weighted by Crippen LogP contribution is 2.53. The molecule has 0 unspecified atom stereocenters. The third-order valence-corrected chi connectivity index (χ3v) is 17.6. The van der Waals surface area contributed by atoms with Crippen molar-refractivity contribution in [2.45, 2.75) is 94.3 Å². The standard InChI is InChI=1S/C57H66FN9O9S/c1-36(2)43-8-6-7-9-44(43)49-35-64(34-38-10-13-41(74-4)14-11-38)24-25-66(49)40-29-57(30-40)20-22-65(23-21-57)39-12-15-45(50(26-39)76-51-28-46-47(58)33-61-52(46)62-55(51)75-5)54(68)63-77(72,73)42-27-48(67(70)71)53(60-32-42)59-31-37-16-18-56(3,69)19-17-37/h6-15,26-28,32-33,37,40,49,69H,1,16-25,29-31,34-35H2,2-5H3,(H,59,60)(H,61,62)(H,63,68)/t37?,49-,56?/m0/s1. The summed E-state index contributed by atoms with van der Waals surface area (Å²) in [6.07, 6.45) is 8.71. The van der Waals surface area contributed by atoms with Gasteiger partial charge in [0.25, 0.3) is 21.8 Å². The van der Waals surface area contributed by atoms with E-state index in [1.165, 1.54) is 35.9 Å². The molecule has 406 valence electrons. The van der Waals surface area contributed by atoms with Crippen LogP contribution >= 0.6 is 0 Å². The number of aliphatic hydroxyl groups is 1. The Bertz CT molecular complexity index is 3290. The zero-order valence-electron chi connectivity index (χ0n) is 43.9. The first-order valence-corrected chi connectivity index (χ1v) is 27.7. The van der Waals surface area contributed by atoms with Crippen molar-refractivity contribution < 1.29 is 41.8 Å². The van der Waals surface area contributed by atoms with Gasteiger partial charge >= 0.3 is 5.69 Å². The summed E-state index contributed by atoms with van der Waals surface area (Å²) in [5, 5.41) is 25.7. The number of ether oxygens (including phenoxy) is 3. The number of fused-ring (bicyclic) bond motifs is 1. The first-order valence-electron chi connectivity index (χ1n) is 26.2. The van der Waals surface area contributed by atoms with Crippen LogP contribution in [-0.4, -0.2) is 114 Å². The quantitative estimate of drug-likeness (QED) is 0.0494. The van der Waals surface area contributed by atoms with Crippen LogP contribution < -0.4 is 29.1 Å². The van der Waals surface area contributed by atoms with E-state index in [2.05, 4.69) is 89.6 Å². The number of halogens is 1. The Labute approximate surface area is 447 Å². The molecule has 1 amide bonds. The molecule has 3 aromatic carbocycles. The van der Waals surface area contributed by atoms with Crippen LogP contribution in [0.25, 0.3) is 16.6 Å². The van der Waals surface area contributed by atoms with Gasteiger partial charge < -0.3 is 34.5 Å². The number of nitro groups is 1. The van der Waals surface area contributed by atoms with Crippen molar-refractivity contribution in [3.63, 3.8) is 0 Å². The smallest absolute Gasteiger partial charge is 0.312 e. The number of rotatable bonds is 17. The first-order chi connectivity index (χ1) is 36.9. The maximum atomic E-state index is 14.9. The highest BCUT2D eigenvalue weighted by molar-refractivity contribution is 7.90. The van der Waals surface area contributed by atoms with Gasteiger partial charge in [0.2, 0.25) is 5.82 Å². The van der Waals surface area contributed by atoms with Crippen molar-refractivity contribution in [3.05, 3.63) is 136 Å². The number of methoxy groups -OCH3 is 2. The predicted molar refractivity (Wildman–Crippen MR) is 292 cm³/mol. The van der Waals surface area contributed by atoms with Gasteiger partial charge in [0, 0.05) is 88.0 Å². The summed E-state index contributed by atoms with van der Waals surface area (Å²) in [4.78, 5) is 43.8. The second-order valence-electron chi connectivity index (χ2n) is 21.6. The number of benzene rings is 3. The summed E-state index contributed by atoms with van der Waals surface area (Å²) >= 11 is 0. The number of anilines is 2. The van der Waals surface area contributed by atoms with Gasteiger partial charge in [0.05, 0.1) is 41.9 Å². The van der Waals surface area contributed by atoms with Gasteiger partial charge in [-0.15, -0.1) is 0 Å². The molecule has 4 fully saturated rings. The van der Waals surface area contributed by atoms with Gasteiger partial charge in [0.1, 0.15) is 27.9 Å². The zero-order valence-corrected chi connectivity index (χ0v) is 44.7. The molecule has 1 spiro atoms. The molecule has 6 aromatic rings. The van der Waals surface area contributed by atoms with Crippen LogP contribution in [0.15, 0.2) is 103 Å². The molecule has 2 aliphatic carbocycles. The second-order valence-corrected chi connectivity index (χ2v) is 23.3. The summed E-state index contributed by atoms with van der Waals surface area (Å²) in [5.74, 6) is -0.937. The minimum atomic E-state index is -4.75. The van der Waals surface area contributed by atoms with Crippen LogP contribution in [0.1, 0.15) is 98.3 Å². The fraction of sp³-hybridized carbons (Fsp3) is 0.421. The summed E-state index contributed by atoms with van der Waals surface area (Å²) in [5.41, 5.74) is 4.34. The summed E-state index contributed by atoms with van der Waals surface area (Å²) < 4.78 is 62.0. The molecule has 1 atom stereocenters. The average molecular weight is 1070 g/mol. The summed E-state index contributed by atoms with van der Waals surface area (Å²) in [6, 6.07) is 24.7. The molecule has 2 aliphatic heterocycles. The van der Waals surface area contributed by atoms with Crippen LogP contribution in [-0.2, 0) is 16.6 Å². The second kappa shape index (κ2) is 21.7. The van der Waals surface area contributed by atoms with E-state index in [4.69, 9.17) is 14.2 Å². The number of pyridine rings is 2. The number of aromatic nitrogens is 3. The van der Waals surface area contributed by atoms with Crippen molar-refractivity contribution in [2.75, 3.05) is 63.7 Å². The highest BCUT2D eigenvalue weighted by Gasteiger charge is 2.50. The first kappa shape index (κ1) is 53.3. The zero-order chi connectivity index (χ0) is 54.2. The molecule has 3 aromatic heterocycles. The number of hydrogen-bond acceptors (Lipinski definition) is 15. The van der Waals surface area contributed by atoms with Crippen molar-refractivity contribution >= 4 is 49.7 Å². The lowest BCUT2D eigenvalue weighted by molar-refractivity contribution is -0.384. The third kappa shape index (κ3) is 11.5. The molecule has 2 saturated carbocycles. The van der Waals surface area contributed by atoms with E-state index in [-0.39, 0.29) is 57.2 Å². The minimum Gasteiger partial charge on any atom is -0.497 e. The number of nitrogens with one attached hydrogen (secondary N) is 3. The van der Waals surface area contributed by atoms with Gasteiger partial charge in [-0.25, -0.2) is 22.5 Å². The Morgan fingerprint density at radius 2 is 1.70 bits per heavy atom. The molecular weight excluding hydrogens is 1010 g/mol. The van der Waals surface area contributed by atoms with Crippen molar-refractivity contribution in [1.82, 2.24) is 29.5 Å². The number of H-pyrrole nitrogens is 1. The average Bonchev–Trinajstić information content (AvgIpc) is 3.80. The molecule has 4 N–H and O–H groups in total. The highest BCUT2D eigenvalue weighted by atomic mass is 32.2. The van der Waals surface area contributed by atoms with Crippen molar-refractivity contribution in [3.8, 4) is 23.1 Å². The van der Waals surface area contributed by atoms with Gasteiger partial charge in [-0.05, 0) is 118 Å². The minimum absolute atomic E-state index is 0.0189. The van der Waals surface area contributed by atoms with E-state index in [1.807, 2.05) is 12.1 Å². The van der Waals surface area contributed by atoms with Gasteiger partial charge in [-0.3, -0.25) is 24.7 Å². The summed E-state index contributed by atoms with van der Waals surface area (Å²) in [6.45, 7) is 13.6. The molecule has 0 bridgehead atoms. The molecule has 18 nitrogen and oxygen atoms in total. The molecule has 77 heavy (non-hydrogen) atoms. The number of nitrogens with zero attached hydrogens (tertiary/aromatic N) is 6. The van der Waals surface area contributed by atoms with Crippen LogP contribution in [0, 0.1) is 27.3 Å². The fourth-order valence-electron chi connectivity index (χ4n) is 11.8. The number of hydrogen-bond donors (Lipinski definition) is 4. The lowest BCUT2D eigenvalue weighted by atomic mass is 9.59. The maximum absolute atomic E-state index is 14.9. The van der Waals surface area contributed by atoms with E-state index in [1.54, 1.807) is 26.2 Å². The predicted octanol–water partition coefficient (Wildman–Crippen LogP) is 9.63. The third-order valence-electron chi connectivity index (χ3n) is 16.3. The Morgan fingerprint density at radius 3 is 2.40 bits per heavy atom. The van der Waals surface area contributed by atoms with Crippen LogP contribution in [0.4, 0.5) is 21.6 Å². The van der Waals surface area contributed by atoms with E-state index < -0.39 is 42.9 Å². The lowest BCUT2D eigenvalue weighted by Gasteiger charge is -2.58. The Balaban J connectivity index is 0.856. The normalized spacial score (nSPS) is 21.1. The van der Waals surface area contributed by atoms with E-state index in [9.17, 15) is 32.8 Å². The van der Waals surface area contributed by atoms with Crippen LogP contribution in [0.2, 0.25) is 0 Å². The van der Waals surface area contributed by atoms with Crippen LogP contribution in [0.3, 0.4) is 0 Å². The largest absolute Gasteiger partial charge is 0.497 e. The van der Waals surface area contributed by atoms with E-state index in [0.717, 1.165) is 87.3 Å². The number of sulfonamides is 1. The monoisotopic (exact) mass is 1070 g/mol. The van der Waals surface area contributed by atoms with Crippen molar-refractivity contribution in [1.29, 1.82) is 0 Å². The van der Waals surface area contributed by atoms with Crippen molar-refractivity contribution in [2.24, 2.45) is 11.3 Å². The number of carbonyl (C=O) groups excluding carboxylic acids is 1. The molecule has 0 radical (unpaired) electrons. The number of amides is 1. The van der Waals surface area contributed by atoms with E-state index in [0.29, 0.717) is 51.4 Å². The maximum Gasteiger partial charge on any atom is 0.312 e. The molecule has 5 heterocycles. The molecule has 4 aliphatic rings. The number of allylic oxidation sites excluding steroid dienone is 1. The molecule has 10 rings (SSSR count). The molecule has 20 heteroatoms. The SMILES string of the molecule is C=C(C)c1ccccc1[C@@H]1CN(Cc2ccc(OC)cc2)CCN1C1CC2(CCN(c3ccc(C(=O)NS(=O)(=O)c4cnc(NCC5CCC(C)(O)CC5)c([N+](=O)[O-])c4)c(Oc4cc5c(F)c[nH]c5nc4OC)c3)CC2)C1. The summed E-state index contributed by atoms with van der Waals surface area (Å²) in [7, 11) is -1.70. The number of aromatic amines is 1. The number of piperazine rings is 1. The number of piperidine rings is 1. The van der Waals surface area contributed by atoms with Crippen LogP contribution in [0.5, 0.6) is 23.1 Å². The topological polar surface area (TPSA) is 218 Å².